The summed E-state index contributed by atoms with van der Waals surface area (Å²) < 4.78 is 7.22. The molecule has 32 heavy (non-hydrogen) atoms. The highest BCUT2D eigenvalue weighted by molar-refractivity contribution is 8.02. The summed E-state index contributed by atoms with van der Waals surface area (Å²) in [5.41, 5.74) is 1.50. The van der Waals surface area contributed by atoms with Crippen molar-refractivity contribution in [3.63, 3.8) is 0 Å². The van der Waals surface area contributed by atoms with Crippen molar-refractivity contribution in [2.75, 3.05) is 17.2 Å². The van der Waals surface area contributed by atoms with Gasteiger partial charge in [-0.05, 0) is 36.8 Å². The first kappa shape index (κ1) is 22.3. The van der Waals surface area contributed by atoms with Crippen LogP contribution in [0.2, 0.25) is 0 Å². The molecular formula is C22H20N4O3S3. The predicted octanol–water partition coefficient (Wildman–Crippen LogP) is 5.28. The van der Waals surface area contributed by atoms with E-state index in [1.807, 2.05) is 48.7 Å². The van der Waals surface area contributed by atoms with E-state index in [0.717, 1.165) is 14.6 Å². The van der Waals surface area contributed by atoms with E-state index in [2.05, 4.69) is 20.6 Å². The van der Waals surface area contributed by atoms with Gasteiger partial charge in [0.2, 0.25) is 5.91 Å². The van der Waals surface area contributed by atoms with Crippen LogP contribution in [0.15, 0.2) is 64.4 Å². The molecule has 0 radical (unpaired) electrons. The molecule has 4 rings (SSSR count). The third kappa shape index (κ3) is 5.84. The van der Waals surface area contributed by atoms with E-state index in [4.69, 9.17) is 4.74 Å². The fourth-order valence-electron chi connectivity index (χ4n) is 2.81. The Morgan fingerprint density at radius 1 is 1.16 bits per heavy atom. The minimum absolute atomic E-state index is 0.0712. The normalized spacial score (nSPS) is 11.8. The topological polar surface area (TPSA) is 93.2 Å². The fourth-order valence-corrected chi connectivity index (χ4v) is 5.61. The number of nitrogens with one attached hydrogen (secondary N) is 2. The lowest BCUT2D eigenvalue weighted by molar-refractivity contribution is -0.118. The second-order valence-corrected chi connectivity index (χ2v) is 10.0. The van der Waals surface area contributed by atoms with E-state index in [1.54, 1.807) is 18.3 Å². The quantitative estimate of drug-likeness (QED) is 0.314. The van der Waals surface area contributed by atoms with Crippen LogP contribution in [-0.4, -0.2) is 33.6 Å². The number of aromatic nitrogens is 2. The number of carbonyl (C=O) groups is 2. The standard InChI is InChI=1S/C22H20N4O3S3/c1-2-17(20(28)26-21-23-10-11-30-21)31-22-25-16-9-8-14(12-18(16)32-22)24-19(27)13-29-15-6-4-3-5-7-15/h3-12,17H,2,13H2,1H3,(H,24,27)(H,23,26,28)/t17-/m0/s1. The van der Waals surface area contributed by atoms with Crippen molar-refractivity contribution >= 4 is 67.3 Å². The summed E-state index contributed by atoms with van der Waals surface area (Å²) in [5, 5.41) is 7.84. The van der Waals surface area contributed by atoms with Gasteiger partial charge in [0.1, 0.15) is 5.75 Å². The molecule has 2 heterocycles. The molecule has 0 aliphatic carbocycles. The number of thiazole rings is 2. The number of amides is 2. The monoisotopic (exact) mass is 484 g/mol. The summed E-state index contributed by atoms with van der Waals surface area (Å²) in [6.07, 6.45) is 2.33. The molecule has 0 bridgehead atoms. The van der Waals surface area contributed by atoms with Crippen molar-refractivity contribution in [2.24, 2.45) is 0 Å². The van der Waals surface area contributed by atoms with Crippen LogP contribution in [0.25, 0.3) is 10.2 Å². The number of para-hydroxylation sites is 1. The Hall–Kier alpha value is -2.95. The van der Waals surface area contributed by atoms with Gasteiger partial charge in [0, 0.05) is 17.3 Å². The molecule has 4 aromatic rings. The van der Waals surface area contributed by atoms with Crippen molar-refractivity contribution in [1.82, 2.24) is 9.97 Å². The van der Waals surface area contributed by atoms with Crippen LogP contribution < -0.4 is 15.4 Å². The number of carbonyl (C=O) groups excluding carboxylic acids is 2. The molecule has 0 spiro atoms. The lowest BCUT2D eigenvalue weighted by atomic mass is 10.3. The van der Waals surface area contributed by atoms with Crippen molar-refractivity contribution in [2.45, 2.75) is 22.9 Å². The summed E-state index contributed by atoms with van der Waals surface area (Å²) in [5.74, 6) is 0.321. The summed E-state index contributed by atoms with van der Waals surface area (Å²) in [6.45, 7) is 1.90. The van der Waals surface area contributed by atoms with Crippen LogP contribution in [0.4, 0.5) is 10.8 Å². The number of benzene rings is 2. The molecule has 0 fully saturated rings. The highest BCUT2D eigenvalue weighted by atomic mass is 32.2. The van der Waals surface area contributed by atoms with Gasteiger partial charge in [-0.3, -0.25) is 9.59 Å². The Bertz CT molecular complexity index is 1200. The fraction of sp³-hybridized carbons (Fsp3) is 0.182. The summed E-state index contributed by atoms with van der Waals surface area (Å²) in [6, 6.07) is 14.8. The van der Waals surface area contributed by atoms with Gasteiger partial charge >= 0.3 is 0 Å². The van der Waals surface area contributed by atoms with Gasteiger partial charge in [-0.2, -0.15) is 0 Å². The number of fused-ring (bicyclic) bond motifs is 1. The predicted molar refractivity (Wildman–Crippen MR) is 131 cm³/mol. The van der Waals surface area contributed by atoms with E-state index < -0.39 is 0 Å². The summed E-state index contributed by atoms with van der Waals surface area (Å²) in [7, 11) is 0. The van der Waals surface area contributed by atoms with Gasteiger partial charge < -0.3 is 15.4 Å². The van der Waals surface area contributed by atoms with Crippen LogP contribution in [0.3, 0.4) is 0 Å². The second-order valence-electron chi connectivity index (χ2n) is 6.65. The molecule has 0 unspecified atom stereocenters. The minimum atomic E-state index is -0.270. The van der Waals surface area contributed by atoms with Crippen LogP contribution in [-0.2, 0) is 9.59 Å². The number of rotatable bonds is 9. The molecule has 7 nitrogen and oxygen atoms in total. The molecule has 2 N–H and O–H groups in total. The number of anilines is 2. The molecule has 0 saturated heterocycles. The van der Waals surface area contributed by atoms with Crippen molar-refractivity contribution in [3.05, 3.63) is 60.1 Å². The van der Waals surface area contributed by atoms with Crippen molar-refractivity contribution < 1.29 is 14.3 Å². The zero-order valence-electron chi connectivity index (χ0n) is 17.1. The Kier molecular flexibility index (Phi) is 7.35. The molecule has 0 aliphatic rings. The number of nitrogens with zero attached hydrogens (tertiary/aromatic N) is 2. The largest absolute Gasteiger partial charge is 0.484 e. The zero-order chi connectivity index (χ0) is 22.3. The molecule has 0 saturated carbocycles. The highest BCUT2D eigenvalue weighted by Crippen LogP contribution is 2.34. The van der Waals surface area contributed by atoms with Crippen molar-refractivity contribution in [1.29, 1.82) is 0 Å². The van der Waals surface area contributed by atoms with Gasteiger partial charge in [-0.25, -0.2) is 9.97 Å². The Morgan fingerprint density at radius 2 is 2.00 bits per heavy atom. The van der Waals surface area contributed by atoms with E-state index in [1.165, 1.54) is 34.4 Å². The summed E-state index contributed by atoms with van der Waals surface area (Å²) in [4.78, 5) is 33.5. The van der Waals surface area contributed by atoms with Gasteiger partial charge in [-0.1, -0.05) is 36.9 Å². The van der Waals surface area contributed by atoms with Crippen LogP contribution in [0, 0.1) is 0 Å². The molecule has 2 aromatic heterocycles. The lowest BCUT2D eigenvalue weighted by Gasteiger charge is -2.11. The lowest BCUT2D eigenvalue weighted by Crippen LogP contribution is -2.24. The van der Waals surface area contributed by atoms with E-state index in [-0.39, 0.29) is 23.7 Å². The highest BCUT2D eigenvalue weighted by Gasteiger charge is 2.21. The molecular weight excluding hydrogens is 464 g/mol. The van der Waals surface area contributed by atoms with Gasteiger partial charge in [-0.15, -0.1) is 22.7 Å². The molecule has 2 amide bonds. The maximum Gasteiger partial charge on any atom is 0.262 e. The summed E-state index contributed by atoms with van der Waals surface area (Å²) >= 11 is 4.32. The molecule has 164 valence electrons. The third-order valence-corrected chi connectivity index (χ3v) is 7.50. The van der Waals surface area contributed by atoms with E-state index in [9.17, 15) is 9.59 Å². The van der Waals surface area contributed by atoms with Crippen LogP contribution in [0.5, 0.6) is 5.75 Å². The average molecular weight is 485 g/mol. The van der Waals surface area contributed by atoms with Gasteiger partial charge in [0.05, 0.1) is 15.5 Å². The molecule has 10 heteroatoms. The smallest absolute Gasteiger partial charge is 0.262 e. The second kappa shape index (κ2) is 10.6. The van der Waals surface area contributed by atoms with Gasteiger partial charge in [0.15, 0.2) is 16.1 Å². The van der Waals surface area contributed by atoms with E-state index in [0.29, 0.717) is 23.0 Å². The first-order valence-corrected chi connectivity index (χ1v) is 12.4. The number of thioether (sulfide) groups is 1. The average Bonchev–Trinajstić information content (AvgIpc) is 3.45. The zero-order valence-corrected chi connectivity index (χ0v) is 19.6. The van der Waals surface area contributed by atoms with Crippen LogP contribution >= 0.6 is 34.4 Å². The van der Waals surface area contributed by atoms with Crippen LogP contribution in [0.1, 0.15) is 13.3 Å². The maximum absolute atomic E-state index is 12.6. The van der Waals surface area contributed by atoms with Crippen molar-refractivity contribution in [3.8, 4) is 5.75 Å². The molecule has 2 aromatic carbocycles. The number of hydrogen-bond acceptors (Lipinski definition) is 8. The number of hydrogen-bond donors (Lipinski definition) is 2. The Balaban J connectivity index is 1.37. The Morgan fingerprint density at radius 3 is 2.75 bits per heavy atom. The van der Waals surface area contributed by atoms with Gasteiger partial charge in [0.25, 0.3) is 5.91 Å². The Labute approximate surface area is 197 Å². The molecule has 1 atom stereocenters. The van der Waals surface area contributed by atoms with E-state index >= 15 is 0 Å². The molecule has 0 aliphatic heterocycles. The third-order valence-electron chi connectivity index (χ3n) is 4.33. The first-order valence-electron chi connectivity index (χ1n) is 9.86. The maximum atomic E-state index is 12.6. The first-order chi connectivity index (χ1) is 15.6. The minimum Gasteiger partial charge on any atom is -0.484 e. The number of ether oxygens (including phenoxy) is 1. The SMILES string of the molecule is CC[C@H](Sc1nc2ccc(NC(=O)COc3ccccc3)cc2s1)C(=O)Nc1nccs1.